The normalized spacial score (nSPS) is 18.3. The molecule has 0 fully saturated rings. The molecule has 0 aliphatic carbocycles. The lowest BCUT2D eigenvalue weighted by molar-refractivity contribution is 0.157. The first kappa shape index (κ1) is 18.4. The van der Waals surface area contributed by atoms with Crippen LogP contribution in [0.2, 0.25) is 0 Å². The second kappa shape index (κ2) is 7.85. The zero-order chi connectivity index (χ0) is 18.7. The van der Waals surface area contributed by atoms with Crippen LogP contribution >= 0.6 is 0 Å². The van der Waals surface area contributed by atoms with Gasteiger partial charge >= 0.3 is 0 Å². The summed E-state index contributed by atoms with van der Waals surface area (Å²) in [6.07, 6.45) is 0.966. The maximum Gasteiger partial charge on any atom is 0.165 e. The minimum atomic E-state index is -0.411. The molecule has 6 heteroatoms. The number of fused-ring (bicyclic) bond motifs is 1. The number of aliphatic hydroxyl groups is 2. The highest BCUT2D eigenvalue weighted by Gasteiger charge is 2.37. The lowest BCUT2D eigenvalue weighted by Crippen LogP contribution is -2.13. The molecule has 0 bridgehead atoms. The van der Waals surface area contributed by atoms with E-state index in [2.05, 4.69) is 0 Å². The van der Waals surface area contributed by atoms with Gasteiger partial charge in [0.2, 0.25) is 0 Å². The highest BCUT2D eigenvalue weighted by atomic mass is 16.5. The predicted molar refractivity (Wildman–Crippen MR) is 96.3 cm³/mol. The van der Waals surface area contributed by atoms with Gasteiger partial charge in [-0.1, -0.05) is 12.1 Å². The average molecular weight is 360 g/mol. The fourth-order valence-electron chi connectivity index (χ4n) is 3.40. The van der Waals surface area contributed by atoms with E-state index < -0.39 is 6.10 Å². The first-order valence-corrected chi connectivity index (χ1v) is 8.59. The molecule has 0 amide bonds. The molecule has 1 heterocycles. The van der Waals surface area contributed by atoms with Crippen LogP contribution in [0.25, 0.3) is 0 Å². The third kappa shape index (κ3) is 3.30. The number of aliphatic hydroxyl groups excluding tert-OH is 2. The number of phenolic OH excluding ortho intramolecular Hbond substituents is 1. The van der Waals surface area contributed by atoms with Gasteiger partial charge in [0.25, 0.3) is 0 Å². The predicted octanol–water partition coefficient (Wildman–Crippen LogP) is 2.54. The van der Waals surface area contributed by atoms with Crippen LogP contribution in [-0.2, 0) is 6.42 Å². The van der Waals surface area contributed by atoms with Gasteiger partial charge in [-0.3, -0.25) is 0 Å². The van der Waals surface area contributed by atoms with E-state index in [1.165, 1.54) is 7.11 Å². The van der Waals surface area contributed by atoms with Gasteiger partial charge in [-0.15, -0.1) is 0 Å². The summed E-state index contributed by atoms with van der Waals surface area (Å²) < 4.78 is 16.8. The van der Waals surface area contributed by atoms with Crippen LogP contribution in [0.1, 0.15) is 35.1 Å². The third-order valence-corrected chi connectivity index (χ3v) is 4.73. The van der Waals surface area contributed by atoms with Crippen molar-refractivity contribution in [2.24, 2.45) is 0 Å². The summed E-state index contributed by atoms with van der Waals surface area (Å²) in [4.78, 5) is 0. The van der Waals surface area contributed by atoms with Crippen molar-refractivity contribution in [3.05, 3.63) is 47.0 Å². The van der Waals surface area contributed by atoms with Crippen LogP contribution in [0, 0.1) is 0 Å². The summed E-state index contributed by atoms with van der Waals surface area (Å²) in [5, 5.41) is 28.9. The Kier molecular flexibility index (Phi) is 5.54. The van der Waals surface area contributed by atoms with E-state index in [0.717, 1.165) is 23.1 Å². The molecular formula is C20H24O6. The number of benzene rings is 2. The number of phenols is 1. The molecule has 1 aliphatic rings. The molecule has 0 radical (unpaired) electrons. The molecule has 0 aromatic heterocycles. The molecule has 0 saturated carbocycles. The minimum Gasteiger partial charge on any atom is -0.504 e. The van der Waals surface area contributed by atoms with Gasteiger partial charge in [-0.05, 0) is 42.2 Å². The van der Waals surface area contributed by atoms with E-state index in [-0.39, 0.29) is 24.9 Å². The molecule has 3 rings (SSSR count). The van der Waals surface area contributed by atoms with E-state index in [1.807, 2.05) is 12.1 Å². The second-order valence-corrected chi connectivity index (χ2v) is 6.30. The van der Waals surface area contributed by atoms with Crippen LogP contribution < -0.4 is 14.2 Å². The minimum absolute atomic E-state index is 0.0520. The van der Waals surface area contributed by atoms with Gasteiger partial charge in [0.05, 0.1) is 26.7 Å². The molecule has 0 spiro atoms. The van der Waals surface area contributed by atoms with Crippen molar-refractivity contribution in [2.75, 3.05) is 27.4 Å². The first-order chi connectivity index (χ1) is 12.6. The van der Waals surface area contributed by atoms with Crippen molar-refractivity contribution in [1.82, 2.24) is 0 Å². The van der Waals surface area contributed by atoms with Crippen LogP contribution in [-0.4, -0.2) is 42.8 Å². The molecule has 6 nitrogen and oxygen atoms in total. The zero-order valence-corrected chi connectivity index (χ0v) is 14.9. The van der Waals surface area contributed by atoms with Crippen LogP contribution in [0.15, 0.2) is 30.3 Å². The molecule has 2 aromatic carbocycles. The topological polar surface area (TPSA) is 88.4 Å². The monoisotopic (exact) mass is 360 g/mol. The summed E-state index contributed by atoms with van der Waals surface area (Å²) in [7, 11) is 3.07. The first-order valence-electron chi connectivity index (χ1n) is 8.59. The Morgan fingerprint density at radius 1 is 1.04 bits per heavy atom. The van der Waals surface area contributed by atoms with Crippen molar-refractivity contribution >= 4 is 0 Å². The van der Waals surface area contributed by atoms with Gasteiger partial charge in [-0.2, -0.15) is 0 Å². The van der Waals surface area contributed by atoms with Crippen LogP contribution in [0.3, 0.4) is 0 Å². The summed E-state index contributed by atoms with van der Waals surface area (Å²) in [6, 6.07) is 8.94. The van der Waals surface area contributed by atoms with E-state index in [0.29, 0.717) is 23.7 Å². The van der Waals surface area contributed by atoms with Gasteiger partial charge in [0, 0.05) is 12.2 Å². The van der Waals surface area contributed by atoms with E-state index >= 15 is 0 Å². The number of aromatic hydroxyl groups is 1. The number of ether oxygens (including phenoxy) is 3. The zero-order valence-electron chi connectivity index (χ0n) is 14.9. The van der Waals surface area contributed by atoms with Gasteiger partial charge in [-0.25, -0.2) is 0 Å². The maximum absolute atomic E-state index is 10.0. The van der Waals surface area contributed by atoms with Crippen LogP contribution in [0.5, 0.6) is 23.0 Å². The third-order valence-electron chi connectivity index (χ3n) is 4.73. The molecule has 0 unspecified atom stereocenters. The number of methoxy groups -OCH3 is 2. The summed E-state index contributed by atoms with van der Waals surface area (Å²) in [5.41, 5.74) is 2.71. The molecular weight excluding hydrogens is 336 g/mol. The van der Waals surface area contributed by atoms with Gasteiger partial charge in [0.1, 0.15) is 6.10 Å². The highest BCUT2D eigenvalue weighted by molar-refractivity contribution is 5.55. The Morgan fingerprint density at radius 3 is 2.46 bits per heavy atom. The number of hydrogen-bond donors (Lipinski definition) is 3. The van der Waals surface area contributed by atoms with Crippen molar-refractivity contribution in [3.8, 4) is 23.0 Å². The Bertz CT molecular complexity index is 773. The molecule has 2 aromatic rings. The van der Waals surface area contributed by atoms with E-state index in [9.17, 15) is 10.2 Å². The lowest BCUT2D eigenvalue weighted by Gasteiger charge is -2.18. The highest BCUT2D eigenvalue weighted by Crippen LogP contribution is 2.51. The maximum atomic E-state index is 10.0. The Hall–Kier alpha value is -2.44. The van der Waals surface area contributed by atoms with Crippen LogP contribution in [0.4, 0.5) is 0 Å². The smallest absolute Gasteiger partial charge is 0.165 e. The van der Waals surface area contributed by atoms with Crippen molar-refractivity contribution < 1.29 is 29.5 Å². The molecule has 3 N–H and O–H groups in total. The fraction of sp³-hybridized carbons (Fsp3) is 0.400. The lowest BCUT2D eigenvalue weighted by atomic mass is 9.90. The number of rotatable bonds is 7. The summed E-state index contributed by atoms with van der Waals surface area (Å²) in [6.45, 7) is 0.0305. The van der Waals surface area contributed by atoms with Gasteiger partial charge in [0.15, 0.2) is 23.0 Å². The van der Waals surface area contributed by atoms with Gasteiger partial charge < -0.3 is 29.5 Å². The molecule has 26 heavy (non-hydrogen) atoms. The Balaban J connectivity index is 2.00. The van der Waals surface area contributed by atoms with Crippen molar-refractivity contribution in [3.63, 3.8) is 0 Å². The number of aryl methyl sites for hydroxylation is 1. The quantitative estimate of drug-likeness (QED) is 0.703. The Labute approximate surface area is 152 Å². The fourth-order valence-corrected chi connectivity index (χ4v) is 3.40. The number of hydrogen-bond acceptors (Lipinski definition) is 6. The van der Waals surface area contributed by atoms with E-state index in [1.54, 1.807) is 25.3 Å². The molecule has 2 atom stereocenters. The summed E-state index contributed by atoms with van der Waals surface area (Å²) in [5.74, 6) is 1.38. The molecule has 140 valence electrons. The molecule has 1 aliphatic heterocycles. The second-order valence-electron chi connectivity index (χ2n) is 6.30. The molecule has 0 saturated heterocycles. The SMILES string of the molecule is COc1cc([C@@H]2Oc3c(OC)cc(CCCO)cc3[C@@H]2CO)ccc1O. The van der Waals surface area contributed by atoms with Crippen molar-refractivity contribution in [1.29, 1.82) is 0 Å². The largest absolute Gasteiger partial charge is 0.504 e. The standard InChI is InChI=1S/C20H24O6/c1-24-17-10-13(5-6-16(17)23)19-15(11-22)14-8-12(4-3-7-21)9-18(25-2)20(14)26-19/h5-6,8-10,15,19,21-23H,3-4,7,11H2,1-2H3/t15-,19-/m0/s1. The van der Waals surface area contributed by atoms with E-state index in [4.69, 9.17) is 19.3 Å². The van der Waals surface area contributed by atoms with Crippen molar-refractivity contribution in [2.45, 2.75) is 24.9 Å². The Morgan fingerprint density at radius 2 is 1.81 bits per heavy atom. The average Bonchev–Trinajstić information content (AvgIpc) is 3.04. The summed E-state index contributed by atoms with van der Waals surface area (Å²) >= 11 is 0.